The van der Waals surface area contributed by atoms with Crippen molar-refractivity contribution in [2.75, 3.05) is 13.2 Å². The molecule has 0 bridgehead atoms. The summed E-state index contributed by atoms with van der Waals surface area (Å²) in [6, 6.07) is 7.47. The zero-order valence-electron chi connectivity index (χ0n) is 15.5. The normalized spacial score (nSPS) is 25.4. The fraction of sp³-hybridized carbons (Fsp3) is 0.462. The molecule has 1 aromatic rings. The molecule has 18 heteroatoms. The van der Waals surface area contributed by atoms with Crippen LogP contribution in [0, 0.1) is 0 Å². The average molecular weight is 502 g/mol. The largest absolute Gasteiger partial charge is 0.490 e. The van der Waals surface area contributed by atoms with E-state index < -0.39 is 60.9 Å². The Morgan fingerprint density at radius 3 is 2.32 bits per heavy atom. The van der Waals surface area contributed by atoms with Gasteiger partial charge in [-0.05, 0) is 12.1 Å². The van der Waals surface area contributed by atoms with Crippen LogP contribution in [0.4, 0.5) is 0 Å². The molecule has 14 nitrogen and oxygen atoms in total. The summed E-state index contributed by atoms with van der Waals surface area (Å²) in [5.74, 6) is -0.377. The second-order valence-corrected chi connectivity index (χ2v) is 10.4. The van der Waals surface area contributed by atoms with E-state index in [1.165, 1.54) is 0 Å². The summed E-state index contributed by atoms with van der Waals surface area (Å²) in [6.45, 7) is -1.24. The van der Waals surface area contributed by atoms with E-state index in [9.17, 15) is 23.4 Å². The van der Waals surface area contributed by atoms with Crippen LogP contribution < -0.4 is 4.74 Å². The van der Waals surface area contributed by atoms with Gasteiger partial charge < -0.3 is 33.8 Å². The predicted molar refractivity (Wildman–Crippen MR) is 101 cm³/mol. The van der Waals surface area contributed by atoms with Crippen LogP contribution in [0.25, 0.3) is 0 Å². The van der Waals surface area contributed by atoms with Gasteiger partial charge in [0.15, 0.2) is 6.61 Å². The molecule has 0 aromatic heterocycles. The topological polar surface area (TPSA) is 205 Å². The standard InChI is InChI=1S/C13H18BO14P3/c14-12-6-10(26-13(15)8-23-9-4-2-1-3-5-9)11(25-12)7-24-30(19,20)28-31(21,22)27-29(16,17)18/h1-5,10-12H,6-8H2,(H,19,20)(H,21,22)(H2,16,17,18). The smallest absolute Gasteiger partial charge is 0.482 e. The summed E-state index contributed by atoms with van der Waals surface area (Å²) < 4.78 is 60.9. The molecule has 1 saturated heterocycles. The molecule has 0 aliphatic carbocycles. The van der Waals surface area contributed by atoms with Gasteiger partial charge in [-0.3, -0.25) is 4.52 Å². The summed E-state index contributed by atoms with van der Waals surface area (Å²) in [6.07, 6.45) is -2.18. The van der Waals surface area contributed by atoms with Crippen LogP contribution in [0.5, 0.6) is 5.75 Å². The van der Waals surface area contributed by atoms with Crippen molar-refractivity contribution in [3.63, 3.8) is 0 Å². The Balaban J connectivity index is 1.87. The molecular weight excluding hydrogens is 484 g/mol. The summed E-state index contributed by atoms with van der Waals surface area (Å²) in [5.41, 5.74) is 0. The van der Waals surface area contributed by atoms with Crippen LogP contribution in [0.1, 0.15) is 6.42 Å². The first-order chi connectivity index (χ1) is 14.2. The maximum Gasteiger partial charge on any atom is 0.490 e. The van der Waals surface area contributed by atoms with E-state index in [1.54, 1.807) is 30.3 Å². The number of benzene rings is 1. The highest BCUT2D eigenvalue weighted by Gasteiger charge is 2.43. The third-order valence-electron chi connectivity index (χ3n) is 3.43. The molecule has 1 aliphatic rings. The van der Waals surface area contributed by atoms with Crippen molar-refractivity contribution in [3.8, 4) is 5.75 Å². The molecule has 1 aromatic carbocycles. The molecule has 5 unspecified atom stereocenters. The van der Waals surface area contributed by atoms with Crippen molar-refractivity contribution in [3.05, 3.63) is 30.3 Å². The summed E-state index contributed by atoms with van der Waals surface area (Å²) in [5, 5.41) is 0. The number of phosphoric ester groups is 1. The number of carbonyl (C=O) groups is 1. The number of ether oxygens (including phenoxy) is 3. The molecule has 0 spiro atoms. The minimum atomic E-state index is -5.65. The Labute approximate surface area is 177 Å². The molecule has 2 rings (SSSR count). The van der Waals surface area contributed by atoms with E-state index in [4.69, 9.17) is 36.7 Å². The second-order valence-electron chi connectivity index (χ2n) is 5.97. The second kappa shape index (κ2) is 10.7. The molecule has 0 amide bonds. The van der Waals surface area contributed by atoms with Gasteiger partial charge in [0.2, 0.25) is 0 Å². The highest BCUT2D eigenvalue weighted by atomic mass is 31.3. The van der Waals surface area contributed by atoms with Gasteiger partial charge in [0.05, 0.1) is 6.61 Å². The maximum atomic E-state index is 12.0. The van der Waals surface area contributed by atoms with Crippen LogP contribution in [0.2, 0.25) is 0 Å². The Kier molecular flexibility index (Phi) is 9.03. The lowest BCUT2D eigenvalue weighted by molar-refractivity contribution is -0.154. The van der Waals surface area contributed by atoms with Gasteiger partial charge in [-0.15, -0.1) is 0 Å². The zero-order chi connectivity index (χ0) is 23.3. The molecule has 0 saturated carbocycles. The predicted octanol–water partition coefficient (Wildman–Crippen LogP) is 0.604. The van der Waals surface area contributed by atoms with Gasteiger partial charge in [0.1, 0.15) is 25.8 Å². The van der Waals surface area contributed by atoms with E-state index in [0.29, 0.717) is 5.75 Å². The molecule has 172 valence electrons. The Morgan fingerprint density at radius 1 is 1.06 bits per heavy atom. The van der Waals surface area contributed by atoms with E-state index in [-0.39, 0.29) is 6.42 Å². The highest BCUT2D eigenvalue weighted by molar-refractivity contribution is 7.66. The first-order valence-electron chi connectivity index (χ1n) is 8.31. The molecule has 1 aliphatic heterocycles. The lowest BCUT2D eigenvalue weighted by Gasteiger charge is -2.21. The average Bonchev–Trinajstić information content (AvgIpc) is 2.95. The van der Waals surface area contributed by atoms with Crippen LogP contribution in [-0.2, 0) is 41.1 Å². The van der Waals surface area contributed by atoms with Gasteiger partial charge in [-0.25, -0.2) is 18.5 Å². The fourth-order valence-corrected chi connectivity index (χ4v) is 5.38. The Hall–Kier alpha value is -1.08. The number of rotatable bonds is 11. The molecule has 31 heavy (non-hydrogen) atoms. The molecule has 1 fully saturated rings. The van der Waals surface area contributed by atoms with Crippen molar-refractivity contribution >= 4 is 37.3 Å². The number of para-hydroxylation sites is 1. The Morgan fingerprint density at radius 2 is 1.71 bits per heavy atom. The molecular formula is C13H18BO14P3. The van der Waals surface area contributed by atoms with E-state index in [1.807, 2.05) is 0 Å². The van der Waals surface area contributed by atoms with Crippen LogP contribution in [-0.4, -0.2) is 64.8 Å². The molecule has 4 N–H and O–H groups in total. The third kappa shape index (κ3) is 9.94. The number of hydrogen-bond acceptors (Lipinski definition) is 10. The molecule has 2 radical (unpaired) electrons. The van der Waals surface area contributed by atoms with Gasteiger partial charge in [-0.2, -0.15) is 8.62 Å². The van der Waals surface area contributed by atoms with Gasteiger partial charge in [-0.1, -0.05) is 18.2 Å². The molecule has 5 atom stereocenters. The number of hydrogen-bond donors (Lipinski definition) is 4. The van der Waals surface area contributed by atoms with Crippen LogP contribution in [0.15, 0.2) is 30.3 Å². The number of esters is 1. The number of phosphoric acid groups is 3. The number of carbonyl (C=O) groups excluding carboxylic acids is 1. The summed E-state index contributed by atoms with van der Waals surface area (Å²) in [4.78, 5) is 47.5. The molecule has 1 heterocycles. The highest BCUT2D eigenvalue weighted by Crippen LogP contribution is 2.66. The fourth-order valence-electron chi connectivity index (χ4n) is 2.35. The zero-order valence-corrected chi connectivity index (χ0v) is 18.2. The van der Waals surface area contributed by atoms with Gasteiger partial charge >= 0.3 is 29.4 Å². The monoisotopic (exact) mass is 502 g/mol. The summed E-state index contributed by atoms with van der Waals surface area (Å²) in [7, 11) is -10.9. The lowest BCUT2D eigenvalue weighted by atomic mass is 9.96. The van der Waals surface area contributed by atoms with Crippen molar-refractivity contribution in [1.82, 2.24) is 0 Å². The van der Waals surface area contributed by atoms with Crippen molar-refractivity contribution in [2.24, 2.45) is 0 Å². The van der Waals surface area contributed by atoms with E-state index in [2.05, 4.69) is 13.1 Å². The van der Waals surface area contributed by atoms with Gasteiger partial charge in [0, 0.05) is 12.4 Å². The SMILES string of the molecule is [B]C1CC(OC(=O)COc2ccccc2)C(COP(=O)(O)OP(=O)(O)OP(=O)(O)O)O1. The van der Waals surface area contributed by atoms with Crippen molar-refractivity contribution < 1.29 is 65.4 Å². The first-order valence-corrected chi connectivity index (χ1v) is 12.8. The minimum absolute atomic E-state index is 0.00149. The van der Waals surface area contributed by atoms with Crippen molar-refractivity contribution in [1.29, 1.82) is 0 Å². The van der Waals surface area contributed by atoms with E-state index >= 15 is 0 Å². The van der Waals surface area contributed by atoms with Crippen LogP contribution >= 0.6 is 23.5 Å². The minimum Gasteiger partial charge on any atom is -0.482 e. The van der Waals surface area contributed by atoms with Gasteiger partial charge in [0.25, 0.3) is 0 Å². The lowest BCUT2D eigenvalue weighted by Crippen LogP contribution is -2.32. The third-order valence-corrected chi connectivity index (χ3v) is 7.23. The Bertz CT molecular complexity index is 891. The van der Waals surface area contributed by atoms with Crippen LogP contribution in [0.3, 0.4) is 0 Å². The summed E-state index contributed by atoms with van der Waals surface area (Å²) >= 11 is 0. The first kappa shape index (κ1) is 26.2. The van der Waals surface area contributed by atoms with E-state index in [0.717, 1.165) is 0 Å². The van der Waals surface area contributed by atoms with Crippen molar-refractivity contribution in [2.45, 2.75) is 24.6 Å². The quantitative estimate of drug-likeness (QED) is 0.186. The maximum absolute atomic E-state index is 12.0.